The summed E-state index contributed by atoms with van der Waals surface area (Å²) < 4.78 is 39.9. The zero-order chi connectivity index (χ0) is 24.4. The Hall–Kier alpha value is -3.00. The van der Waals surface area contributed by atoms with Crippen molar-refractivity contribution in [3.05, 3.63) is 59.2 Å². The van der Waals surface area contributed by atoms with Crippen LogP contribution in [-0.2, 0) is 9.53 Å². The molecule has 3 aliphatic heterocycles. The van der Waals surface area contributed by atoms with Crippen LogP contribution in [0.3, 0.4) is 0 Å². The molecule has 2 fully saturated rings. The van der Waals surface area contributed by atoms with Crippen molar-refractivity contribution in [3.8, 4) is 5.75 Å². The van der Waals surface area contributed by atoms with Gasteiger partial charge in [-0.1, -0.05) is 12.1 Å². The molecular formula is C27H30F2N2O4. The molecule has 2 amide bonds. The van der Waals surface area contributed by atoms with Crippen LogP contribution >= 0.6 is 0 Å². The van der Waals surface area contributed by atoms with Crippen molar-refractivity contribution in [1.82, 2.24) is 4.90 Å². The molecule has 0 saturated carbocycles. The van der Waals surface area contributed by atoms with E-state index in [1.807, 2.05) is 12.1 Å². The number of rotatable bonds is 2. The van der Waals surface area contributed by atoms with E-state index in [1.165, 1.54) is 16.5 Å². The highest BCUT2D eigenvalue weighted by molar-refractivity contribution is 5.95. The molecule has 2 atom stereocenters. The van der Waals surface area contributed by atoms with E-state index in [1.54, 1.807) is 0 Å². The maximum atomic E-state index is 14.2. The SMILES string of the molecule is O=C1C[C@@H]2CCN(C(=O)c3c(F)cccc3F)C[C@@H]2CCOc2ccc(C3CCOCC3)cc2N1. The highest BCUT2D eigenvalue weighted by atomic mass is 19.1. The van der Waals surface area contributed by atoms with E-state index in [2.05, 4.69) is 11.4 Å². The summed E-state index contributed by atoms with van der Waals surface area (Å²) in [7, 11) is 0. The summed E-state index contributed by atoms with van der Waals surface area (Å²) in [6.07, 6.45) is 3.49. The molecule has 0 spiro atoms. The third-order valence-corrected chi connectivity index (χ3v) is 7.52. The summed E-state index contributed by atoms with van der Waals surface area (Å²) in [5, 5.41) is 3.04. The Labute approximate surface area is 203 Å². The van der Waals surface area contributed by atoms with Crippen LogP contribution in [-0.4, -0.2) is 49.6 Å². The number of anilines is 1. The van der Waals surface area contributed by atoms with Crippen LogP contribution in [0.15, 0.2) is 36.4 Å². The van der Waals surface area contributed by atoms with Crippen LogP contribution in [0.2, 0.25) is 0 Å². The number of fused-ring (bicyclic) bond motifs is 2. The standard InChI is InChI=1S/C27H30F2N2O4/c28-21-2-1-3-22(29)26(21)27(33)31-10-6-19-15-25(32)30-23-14-18(17-7-11-34-12-8-17)4-5-24(23)35-13-9-20(19)16-31/h1-5,14,17,19-20H,6-13,15-16H2,(H,30,32)/t19-,20-/m0/s1. The molecule has 0 aromatic heterocycles. The zero-order valence-electron chi connectivity index (χ0n) is 19.6. The molecular weight excluding hydrogens is 454 g/mol. The summed E-state index contributed by atoms with van der Waals surface area (Å²) in [5.74, 6) is -1.35. The smallest absolute Gasteiger partial charge is 0.259 e. The number of nitrogens with one attached hydrogen (secondary N) is 1. The van der Waals surface area contributed by atoms with Crippen LogP contribution in [0.5, 0.6) is 5.75 Å². The number of halogens is 2. The van der Waals surface area contributed by atoms with Gasteiger partial charge in [-0.2, -0.15) is 0 Å². The summed E-state index contributed by atoms with van der Waals surface area (Å²) in [4.78, 5) is 27.4. The molecule has 2 saturated heterocycles. The molecule has 2 aromatic rings. The second-order valence-electron chi connectivity index (χ2n) is 9.69. The normalized spacial score (nSPS) is 23.5. The monoisotopic (exact) mass is 484 g/mol. The minimum absolute atomic E-state index is 0.00338. The molecule has 2 aromatic carbocycles. The second kappa shape index (κ2) is 10.3. The molecule has 0 aliphatic carbocycles. The van der Waals surface area contributed by atoms with E-state index < -0.39 is 23.1 Å². The van der Waals surface area contributed by atoms with Crippen molar-refractivity contribution in [2.24, 2.45) is 11.8 Å². The van der Waals surface area contributed by atoms with Crippen molar-refractivity contribution in [2.45, 2.75) is 38.0 Å². The largest absolute Gasteiger partial charge is 0.491 e. The van der Waals surface area contributed by atoms with Gasteiger partial charge in [0.05, 0.1) is 12.3 Å². The van der Waals surface area contributed by atoms with E-state index in [0.717, 1.165) is 38.2 Å². The number of hydrogen-bond acceptors (Lipinski definition) is 4. The predicted molar refractivity (Wildman–Crippen MR) is 126 cm³/mol. The molecule has 3 aliphatic rings. The minimum atomic E-state index is -0.859. The van der Waals surface area contributed by atoms with Gasteiger partial charge in [0.15, 0.2) is 0 Å². The Morgan fingerprint density at radius 3 is 2.51 bits per heavy atom. The number of hydrogen-bond donors (Lipinski definition) is 1. The second-order valence-corrected chi connectivity index (χ2v) is 9.69. The van der Waals surface area contributed by atoms with Crippen molar-refractivity contribution in [2.75, 3.05) is 38.2 Å². The third-order valence-electron chi connectivity index (χ3n) is 7.52. The quantitative estimate of drug-likeness (QED) is 0.668. The van der Waals surface area contributed by atoms with E-state index >= 15 is 0 Å². The van der Waals surface area contributed by atoms with Crippen LogP contribution in [0.4, 0.5) is 14.5 Å². The maximum Gasteiger partial charge on any atom is 0.259 e. The van der Waals surface area contributed by atoms with Gasteiger partial charge in [0.2, 0.25) is 5.91 Å². The van der Waals surface area contributed by atoms with Gasteiger partial charge in [-0.3, -0.25) is 9.59 Å². The molecule has 1 N–H and O–H groups in total. The molecule has 0 radical (unpaired) electrons. The lowest BCUT2D eigenvalue weighted by atomic mass is 9.80. The van der Waals surface area contributed by atoms with E-state index in [4.69, 9.17) is 9.47 Å². The Morgan fingerprint density at radius 1 is 0.971 bits per heavy atom. The Bertz CT molecular complexity index is 1080. The molecule has 5 rings (SSSR count). The highest BCUT2D eigenvalue weighted by Gasteiger charge is 2.35. The van der Waals surface area contributed by atoms with Crippen LogP contribution in [0, 0.1) is 23.5 Å². The summed E-state index contributed by atoms with van der Waals surface area (Å²) in [6.45, 7) is 2.61. The number of carbonyl (C=O) groups is 2. The van der Waals surface area contributed by atoms with Crippen molar-refractivity contribution < 1.29 is 27.8 Å². The van der Waals surface area contributed by atoms with Crippen LogP contribution < -0.4 is 10.1 Å². The van der Waals surface area contributed by atoms with Gasteiger partial charge in [-0.15, -0.1) is 0 Å². The van der Waals surface area contributed by atoms with Crippen LogP contribution in [0.1, 0.15) is 53.9 Å². The van der Waals surface area contributed by atoms with Gasteiger partial charge in [-0.05, 0) is 73.3 Å². The van der Waals surface area contributed by atoms with Crippen molar-refractivity contribution in [1.29, 1.82) is 0 Å². The number of benzene rings is 2. The van der Waals surface area contributed by atoms with Gasteiger partial charge in [0.25, 0.3) is 5.91 Å². The Balaban J connectivity index is 1.30. The molecule has 35 heavy (non-hydrogen) atoms. The Morgan fingerprint density at radius 2 is 1.74 bits per heavy atom. The fraction of sp³-hybridized carbons (Fsp3) is 0.481. The van der Waals surface area contributed by atoms with E-state index in [-0.39, 0.29) is 17.7 Å². The molecule has 3 heterocycles. The Kier molecular flexibility index (Phi) is 7.00. The zero-order valence-corrected chi connectivity index (χ0v) is 19.6. The van der Waals surface area contributed by atoms with E-state index in [9.17, 15) is 18.4 Å². The van der Waals surface area contributed by atoms with Gasteiger partial charge < -0.3 is 19.7 Å². The average Bonchev–Trinajstić information content (AvgIpc) is 2.86. The first-order valence-electron chi connectivity index (χ1n) is 12.4. The molecule has 8 heteroatoms. The van der Waals surface area contributed by atoms with Crippen LogP contribution in [0.25, 0.3) is 0 Å². The lowest BCUT2D eigenvalue weighted by molar-refractivity contribution is -0.118. The first kappa shape index (κ1) is 23.7. The number of nitrogens with zero attached hydrogens (tertiary/aromatic N) is 1. The number of likely N-dealkylation sites (tertiary alicyclic amines) is 1. The lowest BCUT2D eigenvalue weighted by Crippen LogP contribution is -2.45. The fourth-order valence-corrected chi connectivity index (χ4v) is 5.54. The number of carbonyl (C=O) groups excluding carboxylic acids is 2. The predicted octanol–water partition coefficient (Wildman–Crippen LogP) is 4.75. The molecule has 0 unspecified atom stereocenters. The summed E-state index contributed by atoms with van der Waals surface area (Å²) in [6, 6.07) is 9.42. The third kappa shape index (κ3) is 5.17. The van der Waals surface area contributed by atoms with Crippen molar-refractivity contribution in [3.63, 3.8) is 0 Å². The van der Waals surface area contributed by atoms with Gasteiger partial charge in [0, 0.05) is 32.7 Å². The molecule has 186 valence electrons. The lowest BCUT2D eigenvalue weighted by Gasteiger charge is -2.39. The summed E-state index contributed by atoms with van der Waals surface area (Å²) >= 11 is 0. The summed E-state index contributed by atoms with van der Waals surface area (Å²) in [5.41, 5.74) is 1.35. The first-order valence-corrected chi connectivity index (χ1v) is 12.4. The number of ether oxygens (including phenoxy) is 2. The number of piperidine rings is 1. The average molecular weight is 485 g/mol. The first-order chi connectivity index (χ1) is 17.0. The highest BCUT2D eigenvalue weighted by Crippen LogP contribution is 2.36. The number of amides is 2. The van der Waals surface area contributed by atoms with Gasteiger partial charge in [0.1, 0.15) is 22.9 Å². The van der Waals surface area contributed by atoms with Gasteiger partial charge in [-0.25, -0.2) is 8.78 Å². The maximum absolute atomic E-state index is 14.2. The topological polar surface area (TPSA) is 67.9 Å². The molecule has 0 bridgehead atoms. The molecule has 6 nitrogen and oxygen atoms in total. The van der Waals surface area contributed by atoms with Gasteiger partial charge >= 0.3 is 0 Å². The van der Waals surface area contributed by atoms with E-state index in [0.29, 0.717) is 56.3 Å². The minimum Gasteiger partial charge on any atom is -0.491 e. The fourth-order valence-electron chi connectivity index (χ4n) is 5.54. The van der Waals surface area contributed by atoms with Crippen molar-refractivity contribution >= 4 is 17.5 Å².